The second kappa shape index (κ2) is 5.08. The molecule has 14 heavy (non-hydrogen) atoms. The topological polar surface area (TPSA) is 42.1 Å². The van der Waals surface area contributed by atoms with Gasteiger partial charge < -0.3 is 10.6 Å². The molecule has 0 spiro atoms. The molecule has 0 aliphatic heterocycles. The van der Waals surface area contributed by atoms with Crippen LogP contribution in [0, 0.1) is 6.92 Å². The Morgan fingerprint density at radius 2 is 2.14 bits per heavy atom. The van der Waals surface area contributed by atoms with E-state index in [9.17, 15) is 0 Å². The van der Waals surface area contributed by atoms with Gasteiger partial charge in [0.25, 0.3) is 0 Å². The van der Waals surface area contributed by atoms with E-state index in [-0.39, 0.29) is 6.04 Å². The molecule has 0 bridgehead atoms. The molecule has 0 saturated heterocycles. The highest BCUT2D eigenvalue weighted by Crippen LogP contribution is 2.12. The highest BCUT2D eigenvalue weighted by molar-refractivity contribution is 5.16. The second-order valence-corrected chi connectivity index (χ2v) is 3.93. The summed E-state index contributed by atoms with van der Waals surface area (Å²) in [5, 5.41) is 0. The van der Waals surface area contributed by atoms with Crippen LogP contribution in [0.15, 0.2) is 18.3 Å². The summed E-state index contributed by atoms with van der Waals surface area (Å²) < 4.78 is 0. The molecule has 1 heterocycles. The first-order valence-corrected chi connectivity index (χ1v) is 4.92. The molecule has 0 aliphatic carbocycles. The molecule has 1 atom stereocenters. The predicted octanol–water partition coefficient (Wildman–Crippen LogP) is 1.34. The largest absolute Gasteiger partial charge is 0.324 e. The molecule has 1 aromatic heterocycles. The molecule has 3 heteroatoms. The summed E-state index contributed by atoms with van der Waals surface area (Å²) in [5.41, 5.74) is 8.19. The fraction of sp³-hybridized carbons (Fsp3) is 0.545. The zero-order valence-electron chi connectivity index (χ0n) is 9.20. The molecule has 1 aromatic rings. The van der Waals surface area contributed by atoms with Gasteiger partial charge in [0.15, 0.2) is 0 Å². The van der Waals surface area contributed by atoms with Crippen molar-refractivity contribution >= 4 is 0 Å². The highest BCUT2D eigenvalue weighted by atomic mass is 15.0. The number of nitrogens with zero attached hydrogens (tertiary/aromatic N) is 2. The van der Waals surface area contributed by atoms with Crippen LogP contribution in [0.3, 0.4) is 0 Å². The van der Waals surface area contributed by atoms with E-state index in [0.29, 0.717) is 0 Å². The molecule has 0 aliphatic rings. The van der Waals surface area contributed by atoms with Crippen molar-refractivity contribution in [3.8, 4) is 0 Å². The maximum atomic E-state index is 6.03. The van der Waals surface area contributed by atoms with Crippen molar-refractivity contribution in [2.75, 3.05) is 20.6 Å². The molecule has 78 valence electrons. The van der Waals surface area contributed by atoms with Gasteiger partial charge in [0, 0.05) is 17.9 Å². The number of hydrogen-bond donors (Lipinski definition) is 1. The molecule has 0 fully saturated rings. The Morgan fingerprint density at radius 3 is 2.64 bits per heavy atom. The van der Waals surface area contributed by atoms with Crippen LogP contribution in [0.1, 0.15) is 23.7 Å². The van der Waals surface area contributed by atoms with E-state index in [0.717, 1.165) is 24.2 Å². The highest BCUT2D eigenvalue weighted by Gasteiger charge is 2.05. The minimum atomic E-state index is 0.102. The van der Waals surface area contributed by atoms with Crippen LogP contribution < -0.4 is 5.73 Å². The SMILES string of the molecule is Cc1ccc(C(N)CCN(C)C)cn1. The van der Waals surface area contributed by atoms with Crippen molar-refractivity contribution in [1.82, 2.24) is 9.88 Å². The number of rotatable bonds is 4. The average Bonchev–Trinajstić information content (AvgIpc) is 2.15. The Bertz CT molecular complexity index is 266. The molecule has 2 N–H and O–H groups in total. The average molecular weight is 193 g/mol. The first-order valence-electron chi connectivity index (χ1n) is 4.92. The van der Waals surface area contributed by atoms with E-state index in [2.05, 4.69) is 30.0 Å². The number of aryl methyl sites for hydroxylation is 1. The van der Waals surface area contributed by atoms with Gasteiger partial charge >= 0.3 is 0 Å². The van der Waals surface area contributed by atoms with Gasteiger partial charge in [-0.05, 0) is 45.6 Å². The van der Waals surface area contributed by atoms with E-state index < -0.39 is 0 Å². The Balaban J connectivity index is 2.52. The molecule has 0 aromatic carbocycles. The summed E-state index contributed by atoms with van der Waals surface area (Å²) in [6, 6.07) is 4.17. The normalized spacial score (nSPS) is 13.2. The van der Waals surface area contributed by atoms with Gasteiger partial charge in [-0.1, -0.05) is 6.07 Å². The lowest BCUT2D eigenvalue weighted by molar-refractivity contribution is 0.382. The van der Waals surface area contributed by atoms with Crippen LogP contribution >= 0.6 is 0 Å². The van der Waals surface area contributed by atoms with Crippen LogP contribution in [-0.4, -0.2) is 30.5 Å². The third kappa shape index (κ3) is 3.44. The number of pyridine rings is 1. The maximum Gasteiger partial charge on any atom is 0.0372 e. The molecular weight excluding hydrogens is 174 g/mol. The van der Waals surface area contributed by atoms with Crippen LogP contribution in [-0.2, 0) is 0 Å². The molecule has 0 saturated carbocycles. The zero-order valence-corrected chi connectivity index (χ0v) is 9.20. The van der Waals surface area contributed by atoms with Gasteiger partial charge in [-0.3, -0.25) is 4.98 Å². The second-order valence-electron chi connectivity index (χ2n) is 3.93. The van der Waals surface area contributed by atoms with Crippen molar-refractivity contribution in [3.63, 3.8) is 0 Å². The van der Waals surface area contributed by atoms with Crippen LogP contribution in [0.2, 0.25) is 0 Å². The molecule has 1 unspecified atom stereocenters. The van der Waals surface area contributed by atoms with E-state index in [4.69, 9.17) is 5.73 Å². The van der Waals surface area contributed by atoms with Crippen molar-refractivity contribution in [3.05, 3.63) is 29.6 Å². The number of nitrogens with two attached hydrogens (primary N) is 1. The van der Waals surface area contributed by atoms with Crippen LogP contribution in [0.5, 0.6) is 0 Å². The summed E-state index contributed by atoms with van der Waals surface area (Å²) in [4.78, 5) is 6.37. The lowest BCUT2D eigenvalue weighted by Gasteiger charge is -2.15. The molecule has 0 amide bonds. The Morgan fingerprint density at radius 1 is 1.43 bits per heavy atom. The third-order valence-corrected chi connectivity index (χ3v) is 2.25. The summed E-state index contributed by atoms with van der Waals surface area (Å²) in [7, 11) is 4.11. The van der Waals surface area contributed by atoms with E-state index in [1.54, 1.807) is 0 Å². The van der Waals surface area contributed by atoms with Gasteiger partial charge in [0.2, 0.25) is 0 Å². The lowest BCUT2D eigenvalue weighted by Crippen LogP contribution is -2.20. The summed E-state index contributed by atoms with van der Waals surface area (Å²) in [6.07, 6.45) is 2.84. The maximum absolute atomic E-state index is 6.03. The summed E-state index contributed by atoms with van der Waals surface area (Å²) >= 11 is 0. The van der Waals surface area contributed by atoms with Crippen molar-refractivity contribution < 1.29 is 0 Å². The molecule has 3 nitrogen and oxygen atoms in total. The Labute approximate surface area is 85.9 Å². The van der Waals surface area contributed by atoms with Crippen molar-refractivity contribution in [2.24, 2.45) is 5.73 Å². The van der Waals surface area contributed by atoms with E-state index in [1.807, 2.05) is 19.2 Å². The monoisotopic (exact) mass is 193 g/mol. The van der Waals surface area contributed by atoms with Gasteiger partial charge in [-0.25, -0.2) is 0 Å². The van der Waals surface area contributed by atoms with Crippen molar-refractivity contribution in [2.45, 2.75) is 19.4 Å². The summed E-state index contributed by atoms with van der Waals surface area (Å²) in [6.45, 7) is 2.99. The Kier molecular flexibility index (Phi) is 4.04. The molecule has 1 rings (SSSR count). The third-order valence-electron chi connectivity index (χ3n) is 2.25. The minimum Gasteiger partial charge on any atom is -0.324 e. The fourth-order valence-corrected chi connectivity index (χ4v) is 1.26. The van der Waals surface area contributed by atoms with Crippen LogP contribution in [0.25, 0.3) is 0 Å². The predicted molar refractivity (Wildman–Crippen MR) is 59.1 cm³/mol. The van der Waals surface area contributed by atoms with Crippen molar-refractivity contribution in [1.29, 1.82) is 0 Å². The van der Waals surface area contributed by atoms with E-state index in [1.165, 1.54) is 0 Å². The van der Waals surface area contributed by atoms with Gasteiger partial charge in [0.1, 0.15) is 0 Å². The minimum absolute atomic E-state index is 0.102. The fourth-order valence-electron chi connectivity index (χ4n) is 1.26. The van der Waals surface area contributed by atoms with Gasteiger partial charge in [-0.2, -0.15) is 0 Å². The molecular formula is C11H19N3. The van der Waals surface area contributed by atoms with Crippen LogP contribution in [0.4, 0.5) is 0 Å². The smallest absolute Gasteiger partial charge is 0.0372 e. The summed E-state index contributed by atoms with van der Waals surface area (Å²) in [5.74, 6) is 0. The van der Waals surface area contributed by atoms with Gasteiger partial charge in [-0.15, -0.1) is 0 Å². The quantitative estimate of drug-likeness (QED) is 0.784. The first kappa shape index (κ1) is 11.1. The lowest BCUT2D eigenvalue weighted by atomic mass is 10.1. The molecule has 0 radical (unpaired) electrons. The Hall–Kier alpha value is -0.930. The number of hydrogen-bond acceptors (Lipinski definition) is 3. The number of aromatic nitrogens is 1. The van der Waals surface area contributed by atoms with E-state index >= 15 is 0 Å². The first-order chi connectivity index (χ1) is 6.59. The zero-order chi connectivity index (χ0) is 10.6. The van der Waals surface area contributed by atoms with Gasteiger partial charge in [0.05, 0.1) is 0 Å². The standard InChI is InChI=1S/C11H19N3/c1-9-4-5-10(8-13-9)11(12)6-7-14(2)3/h4-5,8,11H,6-7,12H2,1-3H3.